The van der Waals surface area contributed by atoms with E-state index >= 15 is 0 Å². The fraction of sp³-hybridized carbons (Fsp3) is 1.00. The summed E-state index contributed by atoms with van der Waals surface area (Å²) in [6, 6.07) is 0.196. The summed E-state index contributed by atoms with van der Waals surface area (Å²) >= 11 is 0. The Bertz CT molecular complexity index is 122. The number of nitrogens with two attached hydrogens (primary N) is 1. The van der Waals surface area contributed by atoms with E-state index in [4.69, 9.17) is 10.5 Å². The molecular formula is C8H17NO. The van der Waals surface area contributed by atoms with E-state index in [1.54, 1.807) is 0 Å². The predicted molar refractivity (Wildman–Crippen MR) is 41.8 cm³/mol. The molecule has 0 aliphatic carbocycles. The number of ether oxygens (including phenoxy) is 1. The molecule has 0 aromatic heterocycles. The van der Waals surface area contributed by atoms with Crippen molar-refractivity contribution in [3.8, 4) is 0 Å². The van der Waals surface area contributed by atoms with Crippen LogP contribution in [0.15, 0.2) is 0 Å². The van der Waals surface area contributed by atoms with Gasteiger partial charge >= 0.3 is 0 Å². The summed E-state index contributed by atoms with van der Waals surface area (Å²) in [5.41, 5.74) is 5.82. The molecule has 2 N–H and O–H groups in total. The first-order valence-corrected chi connectivity index (χ1v) is 3.93. The van der Waals surface area contributed by atoms with Crippen LogP contribution in [0, 0.1) is 5.92 Å². The molecule has 60 valence electrons. The van der Waals surface area contributed by atoms with Crippen molar-refractivity contribution >= 4 is 0 Å². The number of rotatable bonds is 0. The molecular weight excluding hydrogens is 126 g/mol. The van der Waals surface area contributed by atoms with Gasteiger partial charge in [-0.25, -0.2) is 0 Å². The van der Waals surface area contributed by atoms with Gasteiger partial charge in [0.05, 0.1) is 5.60 Å². The first-order chi connectivity index (χ1) is 4.54. The predicted octanol–water partition coefficient (Wildman–Crippen LogP) is 1.15. The maximum atomic E-state index is 5.93. The van der Waals surface area contributed by atoms with Crippen molar-refractivity contribution in [3.05, 3.63) is 0 Å². The summed E-state index contributed by atoms with van der Waals surface area (Å²) in [7, 11) is 0. The zero-order valence-corrected chi connectivity index (χ0v) is 7.05. The molecule has 0 amide bonds. The monoisotopic (exact) mass is 143 g/mol. The molecule has 0 bridgehead atoms. The third-order valence-electron chi connectivity index (χ3n) is 2.46. The van der Waals surface area contributed by atoms with Crippen molar-refractivity contribution in [3.63, 3.8) is 0 Å². The van der Waals surface area contributed by atoms with Gasteiger partial charge in [0, 0.05) is 12.6 Å². The highest BCUT2D eigenvalue weighted by Gasteiger charge is 2.34. The minimum atomic E-state index is -0.113. The lowest BCUT2D eigenvalue weighted by Gasteiger charge is -2.40. The number of hydrogen-bond donors (Lipinski definition) is 1. The largest absolute Gasteiger partial charge is 0.374 e. The molecule has 0 aromatic carbocycles. The average Bonchev–Trinajstić information content (AvgIpc) is 1.83. The van der Waals surface area contributed by atoms with Crippen molar-refractivity contribution in [1.82, 2.24) is 0 Å². The second kappa shape index (κ2) is 2.51. The third kappa shape index (κ3) is 1.32. The van der Waals surface area contributed by atoms with Crippen molar-refractivity contribution < 1.29 is 4.74 Å². The lowest BCUT2D eigenvalue weighted by Crippen LogP contribution is -2.53. The Kier molecular flexibility index (Phi) is 2.02. The van der Waals surface area contributed by atoms with Crippen LogP contribution < -0.4 is 5.73 Å². The fourth-order valence-corrected chi connectivity index (χ4v) is 1.47. The molecule has 0 spiro atoms. The molecule has 0 saturated carbocycles. The quantitative estimate of drug-likeness (QED) is 0.552. The maximum Gasteiger partial charge on any atom is 0.0779 e. The molecule has 1 saturated heterocycles. The van der Waals surface area contributed by atoms with Gasteiger partial charge in [0.2, 0.25) is 0 Å². The highest BCUT2D eigenvalue weighted by atomic mass is 16.5. The van der Waals surface area contributed by atoms with Crippen LogP contribution in [0.4, 0.5) is 0 Å². The summed E-state index contributed by atoms with van der Waals surface area (Å²) in [6.45, 7) is 7.18. The first kappa shape index (κ1) is 8.02. The molecule has 0 radical (unpaired) electrons. The fourth-order valence-electron chi connectivity index (χ4n) is 1.47. The van der Waals surface area contributed by atoms with E-state index in [2.05, 4.69) is 20.8 Å². The van der Waals surface area contributed by atoms with Crippen molar-refractivity contribution in [1.29, 1.82) is 0 Å². The molecule has 1 aliphatic heterocycles. The van der Waals surface area contributed by atoms with E-state index < -0.39 is 0 Å². The van der Waals surface area contributed by atoms with Gasteiger partial charge in [0.15, 0.2) is 0 Å². The maximum absolute atomic E-state index is 5.93. The summed E-state index contributed by atoms with van der Waals surface area (Å²) in [5, 5.41) is 0. The Hall–Kier alpha value is -0.0800. The van der Waals surface area contributed by atoms with Gasteiger partial charge in [0.25, 0.3) is 0 Å². The van der Waals surface area contributed by atoms with E-state index in [0.717, 1.165) is 13.0 Å². The summed E-state index contributed by atoms with van der Waals surface area (Å²) in [4.78, 5) is 0. The molecule has 2 atom stereocenters. The van der Waals surface area contributed by atoms with Gasteiger partial charge in [0.1, 0.15) is 0 Å². The van der Waals surface area contributed by atoms with Crippen molar-refractivity contribution in [2.45, 2.75) is 38.8 Å². The van der Waals surface area contributed by atoms with Crippen LogP contribution in [0.3, 0.4) is 0 Å². The molecule has 0 aromatic rings. The summed E-state index contributed by atoms with van der Waals surface area (Å²) in [5.74, 6) is 0.601. The van der Waals surface area contributed by atoms with Gasteiger partial charge < -0.3 is 10.5 Å². The lowest BCUT2D eigenvalue weighted by molar-refractivity contribution is -0.0846. The van der Waals surface area contributed by atoms with Crippen molar-refractivity contribution in [2.75, 3.05) is 6.61 Å². The average molecular weight is 143 g/mol. The van der Waals surface area contributed by atoms with Crippen LogP contribution in [0.25, 0.3) is 0 Å². The molecule has 10 heavy (non-hydrogen) atoms. The van der Waals surface area contributed by atoms with Crippen LogP contribution in [0.1, 0.15) is 27.2 Å². The third-order valence-corrected chi connectivity index (χ3v) is 2.46. The van der Waals surface area contributed by atoms with E-state index in [-0.39, 0.29) is 11.6 Å². The van der Waals surface area contributed by atoms with E-state index in [0.29, 0.717) is 5.92 Å². The van der Waals surface area contributed by atoms with Crippen LogP contribution in [0.2, 0.25) is 0 Å². The zero-order valence-electron chi connectivity index (χ0n) is 7.05. The molecule has 1 aliphatic rings. The normalized spacial score (nSPS) is 39.6. The molecule has 1 rings (SSSR count). The minimum Gasteiger partial charge on any atom is -0.374 e. The molecule has 2 nitrogen and oxygen atoms in total. The van der Waals surface area contributed by atoms with Crippen LogP contribution in [-0.2, 0) is 4.74 Å². The van der Waals surface area contributed by atoms with Crippen LogP contribution in [0.5, 0.6) is 0 Å². The second-order valence-electron chi connectivity index (χ2n) is 3.74. The van der Waals surface area contributed by atoms with Crippen LogP contribution >= 0.6 is 0 Å². The Morgan fingerprint density at radius 3 is 2.50 bits per heavy atom. The second-order valence-corrected chi connectivity index (χ2v) is 3.74. The summed E-state index contributed by atoms with van der Waals surface area (Å²) < 4.78 is 5.52. The van der Waals surface area contributed by atoms with Gasteiger partial charge in [-0.15, -0.1) is 0 Å². The van der Waals surface area contributed by atoms with Gasteiger partial charge in [-0.2, -0.15) is 0 Å². The first-order valence-electron chi connectivity index (χ1n) is 3.93. The van der Waals surface area contributed by atoms with E-state index in [1.807, 2.05) is 0 Å². The number of hydrogen-bond acceptors (Lipinski definition) is 2. The van der Waals surface area contributed by atoms with E-state index in [1.165, 1.54) is 0 Å². The molecule has 2 unspecified atom stereocenters. The Labute approximate surface area is 62.7 Å². The topological polar surface area (TPSA) is 35.2 Å². The molecule has 1 fully saturated rings. The Morgan fingerprint density at radius 2 is 2.10 bits per heavy atom. The van der Waals surface area contributed by atoms with Gasteiger partial charge in [-0.3, -0.25) is 0 Å². The van der Waals surface area contributed by atoms with Crippen LogP contribution in [-0.4, -0.2) is 18.2 Å². The Balaban J connectivity index is 2.60. The highest BCUT2D eigenvalue weighted by molar-refractivity contribution is 4.89. The van der Waals surface area contributed by atoms with E-state index in [9.17, 15) is 0 Å². The molecule has 1 heterocycles. The standard InChI is InChI=1S/C8H17NO/c1-6-4-5-10-8(2,3)7(6)9/h6-7H,4-5,9H2,1-3H3. The van der Waals surface area contributed by atoms with Gasteiger partial charge in [-0.1, -0.05) is 6.92 Å². The van der Waals surface area contributed by atoms with Crippen molar-refractivity contribution in [2.24, 2.45) is 11.7 Å². The summed E-state index contributed by atoms with van der Waals surface area (Å²) in [6.07, 6.45) is 1.10. The lowest BCUT2D eigenvalue weighted by atomic mass is 9.84. The minimum absolute atomic E-state index is 0.113. The molecule has 2 heteroatoms. The zero-order chi connectivity index (χ0) is 7.78. The SMILES string of the molecule is CC1CCOC(C)(C)C1N. The Morgan fingerprint density at radius 1 is 1.50 bits per heavy atom. The highest BCUT2D eigenvalue weighted by Crippen LogP contribution is 2.26. The van der Waals surface area contributed by atoms with Gasteiger partial charge in [-0.05, 0) is 26.2 Å². The smallest absolute Gasteiger partial charge is 0.0779 e.